The Balaban J connectivity index is 2.21. The standard InChI is InChI=1S/C14H19FO3/c15-12-5-3-11(4-6-12)14(9-16,10-17)8-13-2-1-7-18-13/h3-6,13,16-17H,1-2,7-10H2. The van der Waals surface area contributed by atoms with Crippen molar-refractivity contribution in [3.8, 4) is 0 Å². The van der Waals surface area contributed by atoms with E-state index in [9.17, 15) is 14.6 Å². The molecule has 0 radical (unpaired) electrons. The van der Waals surface area contributed by atoms with Crippen LogP contribution in [0, 0.1) is 5.82 Å². The fourth-order valence-corrected chi connectivity index (χ4v) is 2.52. The second kappa shape index (κ2) is 5.78. The van der Waals surface area contributed by atoms with Crippen LogP contribution in [0.1, 0.15) is 24.8 Å². The van der Waals surface area contributed by atoms with Crippen LogP contribution in [0.15, 0.2) is 24.3 Å². The zero-order chi connectivity index (χ0) is 13.0. The molecular formula is C14H19FO3. The molecule has 0 aliphatic carbocycles. The quantitative estimate of drug-likeness (QED) is 0.839. The highest BCUT2D eigenvalue weighted by Gasteiger charge is 2.35. The molecule has 100 valence electrons. The Morgan fingerprint density at radius 1 is 1.22 bits per heavy atom. The van der Waals surface area contributed by atoms with Gasteiger partial charge in [0.1, 0.15) is 5.82 Å². The van der Waals surface area contributed by atoms with Crippen LogP contribution >= 0.6 is 0 Å². The van der Waals surface area contributed by atoms with Gasteiger partial charge in [0.25, 0.3) is 0 Å². The molecule has 2 rings (SSSR count). The molecule has 1 heterocycles. The number of hydrogen-bond acceptors (Lipinski definition) is 3. The lowest BCUT2D eigenvalue weighted by Crippen LogP contribution is -2.38. The van der Waals surface area contributed by atoms with E-state index in [1.807, 2.05) is 0 Å². The van der Waals surface area contributed by atoms with Crippen molar-refractivity contribution >= 4 is 0 Å². The molecule has 1 aliphatic rings. The molecule has 1 aromatic carbocycles. The molecule has 2 N–H and O–H groups in total. The minimum Gasteiger partial charge on any atom is -0.395 e. The number of ether oxygens (including phenoxy) is 1. The number of benzene rings is 1. The van der Waals surface area contributed by atoms with E-state index in [2.05, 4.69) is 0 Å². The molecule has 3 nitrogen and oxygen atoms in total. The Morgan fingerprint density at radius 2 is 1.89 bits per heavy atom. The number of rotatable bonds is 5. The van der Waals surface area contributed by atoms with Gasteiger partial charge < -0.3 is 14.9 Å². The Morgan fingerprint density at radius 3 is 2.39 bits per heavy atom. The van der Waals surface area contributed by atoms with Gasteiger partial charge in [-0.25, -0.2) is 4.39 Å². The van der Waals surface area contributed by atoms with Gasteiger partial charge in [0.05, 0.1) is 19.3 Å². The molecule has 1 fully saturated rings. The molecule has 1 aliphatic heterocycles. The fourth-order valence-electron chi connectivity index (χ4n) is 2.52. The van der Waals surface area contributed by atoms with Crippen LogP contribution in [0.5, 0.6) is 0 Å². The van der Waals surface area contributed by atoms with Crippen molar-refractivity contribution in [1.29, 1.82) is 0 Å². The first-order valence-electron chi connectivity index (χ1n) is 6.29. The normalized spacial score (nSPS) is 20.3. The molecule has 4 heteroatoms. The van der Waals surface area contributed by atoms with Crippen LogP contribution in [0.25, 0.3) is 0 Å². The first-order chi connectivity index (χ1) is 8.70. The summed E-state index contributed by atoms with van der Waals surface area (Å²) in [6.45, 7) is 0.394. The van der Waals surface area contributed by atoms with E-state index in [1.54, 1.807) is 12.1 Å². The summed E-state index contributed by atoms with van der Waals surface area (Å²) in [7, 11) is 0. The second-order valence-electron chi connectivity index (χ2n) is 4.94. The third-order valence-corrected chi connectivity index (χ3v) is 3.70. The maximum atomic E-state index is 12.9. The minimum absolute atomic E-state index is 0.0642. The summed E-state index contributed by atoms with van der Waals surface area (Å²) >= 11 is 0. The lowest BCUT2D eigenvalue weighted by atomic mass is 9.77. The molecule has 0 saturated carbocycles. The number of halogens is 1. The van der Waals surface area contributed by atoms with Gasteiger partial charge in [-0.15, -0.1) is 0 Å². The molecule has 0 amide bonds. The van der Waals surface area contributed by atoms with E-state index in [0.717, 1.165) is 25.0 Å². The first-order valence-corrected chi connectivity index (χ1v) is 6.29. The van der Waals surface area contributed by atoms with Gasteiger partial charge in [-0.05, 0) is 37.0 Å². The van der Waals surface area contributed by atoms with Crippen molar-refractivity contribution in [1.82, 2.24) is 0 Å². The topological polar surface area (TPSA) is 49.7 Å². The van der Waals surface area contributed by atoms with Crippen molar-refractivity contribution in [2.75, 3.05) is 19.8 Å². The predicted molar refractivity (Wildman–Crippen MR) is 65.8 cm³/mol. The molecule has 0 spiro atoms. The summed E-state index contributed by atoms with van der Waals surface area (Å²) in [5.74, 6) is -0.319. The van der Waals surface area contributed by atoms with Gasteiger partial charge in [0, 0.05) is 12.0 Å². The SMILES string of the molecule is OCC(CO)(CC1CCCO1)c1ccc(F)cc1. The van der Waals surface area contributed by atoms with Crippen molar-refractivity contribution in [3.63, 3.8) is 0 Å². The van der Waals surface area contributed by atoms with Crippen molar-refractivity contribution in [3.05, 3.63) is 35.6 Å². The third kappa shape index (κ3) is 2.71. The zero-order valence-electron chi connectivity index (χ0n) is 10.3. The Bertz CT molecular complexity index is 367. The second-order valence-corrected chi connectivity index (χ2v) is 4.94. The monoisotopic (exact) mass is 254 g/mol. The number of aliphatic hydroxyl groups is 2. The third-order valence-electron chi connectivity index (χ3n) is 3.70. The summed E-state index contributed by atoms with van der Waals surface area (Å²) in [5, 5.41) is 19.3. The summed E-state index contributed by atoms with van der Waals surface area (Å²) in [6, 6.07) is 5.95. The van der Waals surface area contributed by atoms with Crippen LogP contribution in [0.2, 0.25) is 0 Å². The Kier molecular flexibility index (Phi) is 4.32. The predicted octanol–water partition coefficient (Wildman–Crippen LogP) is 1.62. The lowest BCUT2D eigenvalue weighted by molar-refractivity contribution is 0.0389. The average Bonchev–Trinajstić information content (AvgIpc) is 2.90. The highest BCUT2D eigenvalue weighted by Crippen LogP contribution is 2.32. The van der Waals surface area contributed by atoms with Crippen LogP contribution in [0.3, 0.4) is 0 Å². The van der Waals surface area contributed by atoms with Gasteiger partial charge in [-0.2, -0.15) is 0 Å². The van der Waals surface area contributed by atoms with Crippen molar-refractivity contribution in [2.45, 2.75) is 30.8 Å². The molecule has 18 heavy (non-hydrogen) atoms. The number of hydrogen-bond donors (Lipinski definition) is 2. The molecule has 0 aromatic heterocycles. The van der Waals surface area contributed by atoms with Gasteiger partial charge in [-0.3, -0.25) is 0 Å². The Labute approximate surface area is 106 Å². The van der Waals surface area contributed by atoms with E-state index in [-0.39, 0.29) is 25.1 Å². The van der Waals surface area contributed by atoms with Gasteiger partial charge in [-0.1, -0.05) is 12.1 Å². The smallest absolute Gasteiger partial charge is 0.123 e. The minimum atomic E-state index is -0.747. The Hall–Kier alpha value is -0.970. The van der Waals surface area contributed by atoms with Crippen molar-refractivity contribution < 1.29 is 19.3 Å². The molecule has 0 bridgehead atoms. The first kappa shape index (κ1) is 13.5. The fraction of sp³-hybridized carbons (Fsp3) is 0.571. The van der Waals surface area contributed by atoms with Crippen LogP contribution in [0.4, 0.5) is 4.39 Å². The van der Waals surface area contributed by atoms with Crippen LogP contribution < -0.4 is 0 Å². The zero-order valence-corrected chi connectivity index (χ0v) is 10.3. The summed E-state index contributed by atoms with van der Waals surface area (Å²) in [4.78, 5) is 0. The van der Waals surface area contributed by atoms with E-state index >= 15 is 0 Å². The molecule has 1 saturated heterocycles. The van der Waals surface area contributed by atoms with Gasteiger partial charge in [0.15, 0.2) is 0 Å². The van der Waals surface area contributed by atoms with Crippen molar-refractivity contribution in [2.24, 2.45) is 0 Å². The largest absolute Gasteiger partial charge is 0.395 e. The lowest BCUT2D eigenvalue weighted by Gasteiger charge is -2.32. The summed E-state index contributed by atoms with van der Waals surface area (Å²) in [6.07, 6.45) is 2.59. The van der Waals surface area contributed by atoms with Gasteiger partial charge in [0.2, 0.25) is 0 Å². The molecule has 1 atom stereocenters. The maximum Gasteiger partial charge on any atom is 0.123 e. The van der Waals surface area contributed by atoms with Gasteiger partial charge >= 0.3 is 0 Å². The van der Waals surface area contributed by atoms with E-state index in [0.29, 0.717) is 6.42 Å². The van der Waals surface area contributed by atoms with Crippen LogP contribution in [-0.2, 0) is 10.2 Å². The van der Waals surface area contributed by atoms with E-state index in [1.165, 1.54) is 12.1 Å². The maximum absolute atomic E-state index is 12.9. The van der Waals surface area contributed by atoms with Crippen LogP contribution in [-0.4, -0.2) is 36.1 Å². The van der Waals surface area contributed by atoms with E-state index < -0.39 is 5.41 Å². The summed E-state index contributed by atoms with van der Waals surface area (Å²) < 4.78 is 18.5. The molecule has 1 unspecified atom stereocenters. The molecule has 1 aromatic rings. The number of aliphatic hydroxyl groups excluding tert-OH is 2. The van der Waals surface area contributed by atoms with E-state index in [4.69, 9.17) is 4.74 Å². The molecular weight excluding hydrogens is 235 g/mol. The summed E-state index contributed by atoms with van der Waals surface area (Å²) in [5.41, 5.74) is 0.00676. The average molecular weight is 254 g/mol. The highest BCUT2D eigenvalue weighted by molar-refractivity contribution is 5.26. The highest BCUT2D eigenvalue weighted by atomic mass is 19.1.